The van der Waals surface area contributed by atoms with Crippen molar-refractivity contribution < 1.29 is 19.4 Å². The second-order valence-corrected chi connectivity index (χ2v) is 2.33. The van der Waals surface area contributed by atoms with Gasteiger partial charge in [0, 0.05) is 0 Å². The fourth-order valence-electron chi connectivity index (χ4n) is 0.722. The van der Waals surface area contributed by atoms with Crippen LogP contribution in [-0.4, -0.2) is 23.7 Å². The Morgan fingerprint density at radius 1 is 1.54 bits per heavy atom. The maximum atomic E-state index is 11.0. The molecule has 1 unspecified atom stereocenters. The number of carboxylic acids is 1. The zero-order valence-corrected chi connectivity index (χ0v) is 7.66. The minimum absolute atomic E-state index is 0.0425. The quantitative estimate of drug-likeness (QED) is 0.396. The van der Waals surface area contributed by atoms with Gasteiger partial charge in [-0.25, -0.2) is 0 Å². The molecule has 1 atom stereocenters. The van der Waals surface area contributed by atoms with E-state index in [1.807, 2.05) is 0 Å². The van der Waals surface area contributed by atoms with E-state index in [4.69, 9.17) is 5.11 Å². The van der Waals surface area contributed by atoms with Crippen LogP contribution in [0.15, 0.2) is 0 Å². The highest BCUT2D eigenvalue weighted by Crippen LogP contribution is 2.04. The molecule has 4 heteroatoms. The van der Waals surface area contributed by atoms with Gasteiger partial charge < -0.3 is 9.84 Å². The third-order valence-electron chi connectivity index (χ3n) is 1.45. The van der Waals surface area contributed by atoms with Gasteiger partial charge in [0.2, 0.25) is 0 Å². The Morgan fingerprint density at radius 2 is 2.15 bits per heavy atom. The molecule has 0 bridgehead atoms. The van der Waals surface area contributed by atoms with Gasteiger partial charge in [0.15, 0.2) is 12.5 Å². The lowest BCUT2D eigenvalue weighted by molar-refractivity contribution is -0.157. The van der Waals surface area contributed by atoms with E-state index in [2.05, 4.69) is 16.6 Å². The average molecular weight is 184 g/mol. The number of hydrogen-bond donors (Lipinski definition) is 1. The monoisotopic (exact) mass is 184 g/mol. The SMILES string of the molecule is CC#CCOC(=O)C(CC)C(=O)O. The molecule has 0 rings (SSSR count). The van der Waals surface area contributed by atoms with Crippen LogP contribution in [0.25, 0.3) is 0 Å². The van der Waals surface area contributed by atoms with Gasteiger partial charge in [0.1, 0.15) is 0 Å². The molecular formula is C9H12O4. The second-order valence-electron chi connectivity index (χ2n) is 2.33. The van der Waals surface area contributed by atoms with Crippen LogP contribution >= 0.6 is 0 Å². The molecule has 13 heavy (non-hydrogen) atoms. The third kappa shape index (κ3) is 4.16. The van der Waals surface area contributed by atoms with E-state index < -0.39 is 17.9 Å². The maximum Gasteiger partial charge on any atom is 0.321 e. The van der Waals surface area contributed by atoms with Crippen molar-refractivity contribution in [2.45, 2.75) is 20.3 Å². The number of hydrogen-bond acceptors (Lipinski definition) is 3. The highest BCUT2D eigenvalue weighted by Gasteiger charge is 2.25. The van der Waals surface area contributed by atoms with Crippen LogP contribution in [0.1, 0.15) is 20.3 Å². The summed E-state index contributed by atoms with van der Waals surface area (Å²) in [7, 11) is 0. The lowest BCUT2D eigenvalue weighted by Crippen LogP contribution is -2.25. The average Bonchev–Trinajstić information content (AvgIpc) is 2.05. The smallest absolute Gasteiger partial charge is 0.321 e. The highest BCUT2D eigenvalue weighted by molar-refractivity contribution is 5.93. The molecule has 0 radical (unpaired) electrons. The number of rotatable bonds is 4. The molecule has 72 valence electrons. The Labute approximate surface area is 76.9 Å². The predicted octanol–water partition coefficient (Wildman–Crippen LogP) is 0.664. The Hall–Kier alpha value is -1.50. The van der Waals surface area contributed by atoms with Crippen LogP contribution in [0.4, 0.5) is 0 Å². The van der Waals surface area contributed by atoms with Crippen molar-refractivity contribution in [3.63, 3.8) is 0 Å². The summed E-state index contributed by atoms with van der Waals surface area (Å²) in [6.45, 7) is 3.19. The first-order valence-electron chi connectivity index (χ1n) is 3.92. The van der Waals surface area contributed by atoms with Gasteiger partial charge in [-0.1, -0.05) is 12.8 Å². The standard InChI is InChI=1S/C9H12O4/c1-3-5-6-13-9(12)7(4-2)8(10)11/h7H,4,6H2,1-2H3,(H,10,11). The van der Waals surface area contributed by atoms with Crippen molar-refractivity contribution >= 4 is 11.9 Å². The maximum absolute atomic E-state index is 11.0. The molecule has 0 amide bonds. The van der Waals surface area contributed by atoms with Gasteiger partial charge in [0.05, 0.1) is 0 Å². The van der Waals surface area contributed by atoms with Crippen molar-refractivity contribution in [2.24, 2.45) is 5.92 Å². The van der Waals surface area contributed by atoms with E-state index in [0.717, 1.165) is 0 Å². The van der Waals surface area contributed by atoms with E-state index in [0.29, 0.717) is 0 Å². The van der Waals surface area contributed by atoms with Crippen LogP contribution in [0.3, 0.4) is 0 Å². The molecule has 0 heterocycles. The molecule has 0 aliphatic carbocycles. The number of aliphatic carboxylic acids is 1. The summed E-state index contributed by atoms with van der Waals surface area (Å²) >= 11 is 0. The zero-order chi connectivity index (χ0) is 10.3. The molecule has 0 saturated heterocycles. The van der Waals surface area contributed by atoms with Crippen LogP contribution < -0.4 is 0 Å². The number of carbonyl (C=O) groups is 2. The summed E-state index contributed by atoms with van der Waals surface area (Å²) in [6, 6.07) is 0. The first-order chi connectivity index (χ1) is 6.13. The third-order valence-corrected chi connectivity index (χ3v) is 1.45. The van der Waals surface area contributed by atoms with Gasteiger partial charge in [-0.2, -0.15) is 0 Å². The van der Waals surface area contributed by atoms with Crippen molar-refractivity contribution in [3.8, 4) is 11.8 Å². The number of carboxylic acid groups (broad SMARTS) is 1. The van der Waals surface area contributed by atoms with Gasteiger partial charge in [0.25, 0.3) is 0 Å². The van der Waals surface area contributed by atoms with Crippen molar-refractivity contribution in [1.29, 1.82) is 0 Å². The van der Waals surface area contributed by atoms with Crippen LogP contribution in [-0.2, 0) is 14.3 Å². The van der Waals surface area contributed by atoms with Gasteiger partial charge in [-0.05, 0) is 13.3 Å². The molecule has 0 aliphatic heterocycles. The highest BCUT2D eigenvalue weighted by atomic mass is 16.5. The first kappa shape index (κ1) is 11.5. The van der Waals surface area contributed by atoms with Crippen LogP contribution in [0.2, 0.25) is 0 Å². The van der Waals surface area contributed by atoms with Crippen molar-refractivity contribution in [1.82, 2.24) is 0 Å². The largest absolute Gasteiger partial charge is 0.481 e. The fourth-order valence-corrected chi connectivity index (χ4v) is 0.722. The molecule has 0 aromatic heterocycles. The topological polar surface area (TPSA) is 63.6 Å². The molecule has 0 spiro atoms. The van der Waals surface area contributed by atoms with Crippen molar-refractivity contribution in [2.75, 3.05) is 6.61 Å². The van der Waals surface area contributed by atoms with E-state index >= 15 is 0 Å². The number of carbonyl (C=O) groups excluding carboxylic acids is 1. The summed E-state index contributed by atoms with van der Waals surface area (Å²) < 4.78 is 4.60. The Balaban J connectivity index is 4.04. The van der Waals surface area contributed by atoms with Gasteiger partial charge in [-0.3, -0.25) is 9.59 Å². The summed E-state index contributed by atoms with van der Waals surface area (Å²) in [5.41, 5.74) is 0. The first-order valence-corrected chi connectivity index (χ1v) is 3.92. The predicted molar refractivity (Wildman–Crippen MR) is 45.8 cm³/mol. The number of esters is 1. The Kier molecular flexibility index (Phi) is 5.37. The van der Waals surface area contributed by atoms with E-state index in [-0.39, 0.29) is 13.0 Å². The zero-order valence-electron chi connectivity index (χ0n) is 7.66. The lowest BCUT2D eigenvalue weighted by Gasteiger charge is -2.06. The Bertz CT molecular complexity index is 246. The van der Waals surface area contributed by atoms with Crippen LogP contribution in [0.5, 0.6) is 0 Å². The molecule has 0 fully saturated rings. The van der Waals surface area contributed by atoms with Gasteiger partial charge >= 0.3 is 11.9 Å². The number of ether oxygens (including phenoxy) is 1. The van der Waals surface area contributed by atoms with E-state index in [1.54, 1.807) is 13.8 Å². The minimum Gasteiger partial charge on any atom is -0.481 e. The van der Waals surface area contributed by atoms with Gasteiger partial charge in [-0.15, -0.1) is 5.92 Å². The van der Waals surface area contributed by atoms with E-state index in [1.165, 1.54) is 0 Å². The van der Waals surface area contributed by atoms with Crippen molar-refractivity contribution in [3.05, 3.63) is 0 Å². The molecule has 1 N–H and O–H groups in total. The van der Waals surface area contributed by atoms with Crippen LogP contribution in [0, 0.1) is 17.8 Å². The molecular weight excluding hydrogens is 172 g/mol. The molecule has 0 aromatic rings. The second kappa shape index (κ2) is 6.06. The van der Waals surface area contributed by atoms with E-state index in [9.17, 15) is 9.59 Å². The normalized spacial score (nSPS) is 10.9. The summed E-state index contributed by atoms with van der Waals surface area (Å²) in [4.78, 5) is 21.5. The molecule has 0 aromatic carbocycles. The summed E-state index contributed by atoms with van der Waals surface area (Å²) in [6.07, 6.45) is 0.230. The molecule has 0 aliphatic rings. The molecule has 4 nitrogen and oxygen atoms in total. The molecule has 0 saturated carbocycles. The lowest BCUT2D eigenvalue weighted by atomic mass is 10.1. The summed E-state index contributed by atoms with van der Waals surface area (Å²) in [5.74, 6) is 2.10. The Morgan fingerprint density at radius 3 is 2.54 bits per heavy atom. The summed E-state index contributed by atoms with van der Waals surface area (Å²) in [5, 5.41) is 8.56. The fraction of sp³-hybridized carbons (Fsp3) is 0.556. The minimum atomic E-state index is -1.16.